The monoisotopic (exact) mass is 347 g/mol. The van der Waals surface area contributed by atoms with E-state index in [9.17, 15) is 0 Å². The van der Waals surface area contributed by atoms with E-state index in [1.165, 1.54) is 29.7 Å². The van der Waals surface area contributed by atoms with E-state index in [0.717, 1.165) is 24.1 Å². The van der Waals surface area contributed by atoms with E-state index in [2.05, 4.69) is 97.9 Å². The molecule has 0 bridgehead atoms. The fourth-order valence-electron chi connectivity index (χ4n) is 3.79. The smallest absolute Gasteiger partial charge is 0.105 e. The summed E-state index contributed by atoms with van der Waals surface area (Å²) in [5.74, 6) is 0. The molecule has 0 spiro atoms. The van der Waals surface area contributed by atoms with Crippen LogP contribution >= 0.6 is 0 Å². The first-order valence-corrected chi connectivity index (χ1v) is 9.26. The first-order valence-electron chi connectivity index (χ1n) is 9.26. The lowest BCUT2D eigenvalue weighted by molar-refractivity contribution is -0.966. The highest BCUT2D eigenvalue weighted by molar-refractivity contribution is 5.17. The molecule has 0 saturated carbocycles. The van der Waals surface area contributed by atoms with Crippen molar-refractivity contribution < 1.29 is 9.96 Å². The van der Waals surface area contributed by atoms with Gasteiger partial charge in [0.15, 0.2) is 0 Å². The number of hydrogen-bond donors (Lipinski definition) is 0. The average Bonchev–Trinajstić information content (AvgIpc) is 2.64. The summed E-state index contributed by atoms with van der Waals surface area (Å²) in [7, 11) is 0. The third-order valence-corrected chi connectivity index (χ3v) is 4.78. The third-order valence-electron chi connectivity index (χ3n) is 4.78. The molecule has 0 atom stereocenters. The van der Waals surface area contributed by atoms with Crippen LogP contribution in [0.2, 0.25) is 0 Å². The second-order valence-corrected chi connectivity index (χ2v) is 7.00. The molecule has 0 amide bonds. The zero-order valence-corrected chi connectivity index (χ0v) is 15.6. The van der Waals surface area contributed by atoms with Gasteiger partial charge in [0.2, 0.25) is 0 Å². The minimum atomic E-state index is 0. The summed E-state index contributed by atoms with van der Waals surface area (Å²) >= 11 is 0. The van der Waals surface area contributed by atoms with Gasteiger partial charge < -0.3 is 9.96 Å². The zero-order chi connectivity index (χ0) is 17.4. The highest BCUT2D eigenvalue weighted by Crippen LogP contribution is 2.24. The Morgan fingerprint density at radius 2 is 0.846 bits per heavy atom. The molecule has 2 heteroatoms. The van der Waals surface area contributed by atoms with E-state index >= 15 is 0 Å². The van der Waals surface area contributed by atoms with Crippen molar-refractivity contribution in [2.24, 2.45) is 0 Å². The summed E-state index contributed by atoms with van der Waals surface area (Å²) in [6.45, 7) is 6.68. The molecular formula is C24H29NO. The van der Waals surface area contributed by atoms with Gasteiger partial charge in [-0.25, -0.2) is 0 Å². The SMILES string of the molecule is CCC[N+](Cc1ccccc1)(Cc1ccccc1)Cc1ccccc1.[OH-]. The van der Waals surface area contributed by atoms with Crippen LogP contribution in [0.15, 0.2) is 91.0 Å². The summed E-state index contributed by atoms with van der Waals surface area (Å²) in [5.41, 5.74) is 4.26. The Balaban J connectivity index is 0.00000243. The van der Waals surface area contributed by atoms with Crippen LogP contribution in [0.1, 0.15) is 30.0 Å². The summed E-state index contributed by atoms with van der Waals surface area (Å²) in [6, 6.07) is 32.8. The Kier molecular flexibility index (Phi) is 7.58. The minimum Gasteiger partial charge on any atom is -0.870 e. The van der Waals surface area contributed by atoms with Crippen LogP contribution in [0.3, 0.4) is 0 Å². The maximum Gasteiger partial charge on any atom is 0.105 e. The van der Waals surface area contributed by atoms with Gasteiger partial charge in [0, 0.05) is 16.7 Å². The molecular weight excluding hydrogens is 318 g/mol. The van der Waals surface area contributed by atoms with Crippen LogP contribution in [0.5, 0.6) is 0 Å². The molecule has 0 unspecified atom stereocenters. The van der Waals surface area contributed by atoms with E-state index in [0.29, 0.717) is 0 Å². The molecule has 3 aromatic carbocycles. The normalized spacial score (nSPS) is 11.0. The van der Waals surface area contributed by atoms with Crippen LogP contribution in [0.4, 0.5) is 0 Å². The van der Waals surface area contributed by atoms with Gasteiger partial charge in [-0.05, 0) is 6.42 Å². The van der Waals surface area contributed by atoms with Gasteiger partial charge in [-0.2, -0.15) is 0 Å². The fourth-order valence-corrected chi connectivity index (χ4v) is 3.79. The van der Waals surface area contributed by atoms with Crippen molar-refractivity contribution in [3.63, 3.8) is 0 Å². The van der Waals surface area contributed by atoms with E-state index in [4.69, 9.17) is 0 Å². The van der Waals surface area contributed by atoms with Crippen molar-refractivity contribution in [1.29, 1.82) is 0 Å². The van der Waals surface area contributed by atoms with Crippen molar-refractivity contribution in [3.05, 3.63) is 108 Å². The molecule has 0 aliphatic carbocycles. The molecule has 136 valence electrons. The van der Waals surface area contributed by atoms with E-state index in [-0.39, 0.29) is 5.48 Å². The molecule has 0 aliphatic rings. The molecule has 0 aromatic heterocycles. The molecule has 0 radical (unpaired) electrons. The van der Waals surface area contributed by atoms with Gasteiger partial charge >= 0.3 is 0 Å². The quantitative estimate of drug-likeness (QED) is 0.485. The first kappa shape index (κ1) is 19.9. The van der Waals surface area contributed by atoms with Crippen LogP contribution in [-0.2, 0) is 19.6 Å². The number of benzene rings is 3. The van der Waals surface area contributed by atoms with Crippen molar-refractivity contribution in [3.8, 4) is 0 Å². The van der Waals surface area contributed by atoms with Crippen LogP contribution < -0.4 is 0 Å². The van der Waals surface area contributed by atoms with Crippen molar-refractivity contribution in [2.45, 2.75) is 33.0 Å². The molecule has 0 fully saturated rings. The second-order valence-electron chi connectivity index (χ2n) is 7.00. The lowest BCUT2D eigenvalue weighted by Crippen LogP contribution is -2.46. The Hall–Kier alpha value is -2.42. The average molecular weight is 348 g/mol. The van der Waals surface area contributed by atoms with Gasteiger partial charge in [0.1, 0.15) is 19.6 Å². The molecule has 1 N–H and O–H groups in total. The standard InChI is InChI=1S/C24H28N.H2O/c1-2-18-25(19-22-12-6-3-7-13-22,20-23-14-8-4-9-15-23)21-24-16-10-5-11-17-24;/h3-17H,2,18-21H2,1H3;1H2/q+1;/p-1. The number of nitrogens with zero attached hydrogens (tertiary/aromatic N) is 1. The fraction of sp³-hybridized carbons (Fsp3) is 0.250. The topological polar surface area (TPSA) is 30.0 Å². The predicted molar refractivity (Wildman–Crippen MR) is 108 cm³/mol. The number of hydrogen-bond acceptors (Lipinski definition) is 1. The summed E-state index contributed by atoms with van der Waals surface area (Å²) in [5, 5.41) is 0. The summed E-state index contributed by atoms with van der Waals surface area (Å²) in [4.78, 5) is 0. The molecule has 0 saturated heterocycles. The summed E-state index contributed by atoms with van der Waals surface area (Å²) in [6.07, 6.45) is 1.19. The summed E-state index contributed by atoms with van der Waals surface area (Å²) < 4.78 is 1.06. The number of rotatable bonds is 8. The molecule has 26 heavy (non-hydrogen) atoms. The van der Waals surface area contributed by atoms with Crippen molar-refractivity contribution in [2.75, 3.05) is 6.54 Å². The lowest BCUT2D eigenvalue weighted by atomic mass is 10.1. The van der Waals surface area contributed by atoms with E-state index in [1.54, 1.807) is 0 Å². The second kappa shape index (κ2) is 9.91. The van der Waals surface area contributed by atoms with Gasteiger partial charge in [-0.3, -0.25) is 0 Å². The Morgan fingerprint density at radius 1 is 0.538 bits per heavy atom. The molecule has 0 heterocycles. The third kappa shape index (κ3) is 5.55. The minimum absolute atomic E-state index is 0. The van der Waals surface area contributed by atoms with Gasteiger partial charge in [0.05, 0.1) is 6.54 Å². The molecule has 3 aromatic rings. The Bertz CT molecular complexity index is 640. The lowest BCUT2D eigenvalue weighted by Gasteiger charge is -2.39. The van der Waals surface area contributed by atoms with Gasteiger partial charge in [-0.1, -0.05) is 97.9 Å². The predicted octanol–water partition coefficient (Wildman–Crippen LogP) is 5.64. The largest absolute Gasteiger partial charge is 0.870 e. The van der Waals surface area contributed by atoms with Crippen LogP contribution in [0, 0.1) is 0 Å². The molecule has 3 rings (SSSR count). The zero-order valence-electron chi connectivity index (χ0n) is 15.6. The Morgan fingerprint density at radius 3 is 1.12 bits per heavy atom. The maximum absolute atomic E-state index is 2.30. The van der Waals surface area contributed by atoms with Crippen molar-refractivity contribution >= 4 is 0 Å². The molecule has 2 nitrogen and oxygen atoms in total. The Labute approximate surface area is 157 Å². The first-order chi connectivity index (χ1) is 12.3. The van der Waals surface area contributed by atoms with Gasteiger partial charge in [0.25, 0.3) is 0 Å². The number of quaternary nitrogens is 1. The highest BCUT2D eigenvalue weighted by atomic mass is 16.0. The molecule has 0 aliphatic heterocycles. The van der Waals surface area contributed by atoms with Crippen LogP contribution in [0.25, 0.3) is 0 Å². The maximum atomic E-state index is 2.30. The van der Waals surface area contributed by atoms with Crippen LogP contribution in [-0.4, -0.2) is 16.5 Å². The van der Waals surface area contributed by atoms with E-state index in [1.807, 2.05) is 0 Å². The highest BCUT2D eigenvalue weighted by Gasteiger charge is 2.28. The van der Waals surface area contributed by atoms with Crippen molar-refractivity contribution in [1.82, 2.24) is 0 Å². The van der Waals surface area contributed by atoms with Gasteiger partial charge in [-0.15, -0.1) is 0 Å². The van der Waals surface area contributed by atoms with E-state index < -0.39 is 0 Å².